The van der Waals surface area contributed by atoms with Crippen LogP contribution in [0.5, 0.6) is 0 Å². The molecule has 6 nitrogen and oxygen atoms in total. The van der Waals surface area contributed by atoms with E-state index in [0.717, 1.165) is 25.0 Å². The van der Waals surface area contributed by atoms with Crippen molar-refractivity contribution in [3.05, 3.63) is 70.3 Å². The van der Waals surface area contributed by atoms with Gasteiger partial charge in [-0.3, -0.25) is 9.36 Å². The van der Waals surface area contributed by atoms with Crippen LogP contribution in [0.2, 0.25) is 0 Å². The van der Waals surface area contributed by atoms with Gasteiger partial charge in [-0.25, -0.2) is 4.98 Å². The van der Waals surface area contributed by atoms with Gasteiger partial charge in [-0.2, -0.15) is 18.2 Å². The van der Waals surface area contributed by atoms with E-state index in [1.807, 2.05) is 18.2 Å². The number of aryl methyl sites for hydroxylation is 1. The van der Waals surface area contributed by atoms with Crippen LogP contribution in [-0.4, -0.2) is 25.4 Å². The summed E-state index contributed by atoms with van der Waals surface area (Å²) in [4.78, 5) is 21.8. The second-order valence-electron chi connectivity index (χ2n) is 7.86. The molecule has 0 radical (unpaired) electrons. The molecule has 2 heterocycles. The lowest BCUT2D eigenvalue weighted by Gasteiger charge is -2.11. The van der Waals surface area contributed by atoms with Crippen molar-refractivity contribution in [1.29, 1.82) is 0 Å². The Kier molecular flexibility index (Phi) is 5.69. The Hall–Kier alpha value is -3.14. The molecule has 0 amide bonds. The summed E-state index contributed by atoms with van der Waals surface area (Å²) in [7, 11) is 0. The standard InChI is InChI=1S/C23H19F3N4O2S/c24-23(25,26)15-6-3-5-14(13-15)20-28-19(32-29-20)9-4-12-33-22-27-18-8-2-1-7-17(18)21(31)30(22)16-10-11-16/h1-3,5-8,13,16H,4,9-12H2. The number of rotatable bonds is 7. The quantitative estimate of drug-likeness (QED) is 0.200. The van der Waals surface area contributed by atoms with Crippen LogP contribution < -0.4 is 5.56 Å². The van der Waals surface area contributed by atoms with E-state index in [1.165, 1.54) is 23.9 Å². The zero-order valence-corrected chi connectivity index (χ0v) is 18.2. The summed E-state index contributed by atoms with van der Waals surface area (Å²) >= 11 is 1.51. The minimum Gasteiger partial charge on any atom is -0.339 e. The molecule has 1 aliphatic carbocycles. The lowest BCUT2D eigenvalue weighted by Crippen LogP contribution is -2.22. The number of alkyl halides is 3. The fourth-order valence-electron chi connectivity index (χ4n) is 3.58. The molecule has 0 saturated heterocycles. The zero-order valence-electron chi connectivity index (χ0n) is 17.4. The number of nitrogens with zero attached hydrogens (tertiary/aromatic N) is 4. The molecule has 0 unspecified atom stereocenters. The van der Waals surface area contributed by atoms with Crippen molar-refractivity contribution in [1.82, 2.24) is 19.7 Å². The third-order valence-electron chi connectivity index (χ3n) is 5.37. The molecule has 2 aromatic carbocycles. The van der Waals surface area contributed by atoms with Crippen LogP contribution in [0.4, 0.5) is 13.2 Å². The van der Waals surface area contributed by atoms with Gasteiger partial charge < -0.3 is 4.52 Å². The predicted molar refractivity (Wildman–Crippen MR) is 118 cm³/mol. The molecular formula is C23H19F3N4O2S. The van der Waals surface area contributed by atoms with Crippen molar-refractivity contribution >= 4 is 22.7 Å². The summed E-state index contributed by atoms with van der Waals surface area (Å²) in [6.45, 7) is 0. The first-order valence-electron chi connectivity index (χ1n) is 10.5. The van der Waals surface area contributed by atoms with Gasteiger partial charge in [0.25, 0.3) is 5.56 Å². The molecule has 10 heteroatoms. The van der Waals surface area contributed by atoms with Gasteiger partial charge in [0.05, 0.1) is 16.5 Å². The van der Waals surface area contributed by atoms with Gasteiger partial charge in [0.1, 0.15) is 0 Å². The molecule has 0 spiro atoms. The Labute approximate surface area is 190 Å². The van der Waals surface area contributed by atoms with Crippen LogP contribution in [0.1, 0.15) is 36.8 Å². The first-order valence-corrected chi connectivity index (χ1v) is 11.5. The van der Waals surface area contributed by atoms with Crippen molar-refractivity contribution in [3.8, 4) is 11.4 Å². The fraction of sp³-hybridized carbons (Fsp3) is 0.304. The van der Waals surface area contributed by atoms with Crippen LogP contribution in [0, 0.1) is 0 Å². The topological polar surface area (TPSA) is 73.8 Å². The van der Waals surface area contributed by atoms with Crippen LogP contribution in [0.3, 0.4) is 0 Å². The second-order valence-corrected chi connectivity index (χ2v) is 8.92. The Morgan fingerprint density at radius 1 is 1.09 bits per heavy atom. The largest absolute Gasteiger partial charge is 0.416 e. The number of thioether (sulfide) groups is 1. The Morgan fingerprint density at radius 3 is 2.70 bits per heavy atom. The van der Waals surface area contributed by atoms with Crippen molar-refractivity contribution < 1.29 is 17.7 Å². The van der Waals surface area contributed by atoms with Crippen molar-refractivity contribution in [3.63, 3.8) is 0 Å². The highest BCUT2D eigenvalue weighted by Gasteiger charge is 2.31. The molecule has 0 bridgehead atoms. The maximum absolute atomic E-state index is 12.9. The number of hydrogen-bond acceptors (Lipinski definition) is 6. The Bertz CT molecular complexity index is 1360. The predicted octanol–water partition coefficient (Wildman–Crippen LogP) is 5.53. The Balaban J connectivity index is 1.25. The molecule has 170 valence electrons. The average molecular weight is 472 g/mol. The number of fused-ring (bicyclic) bond motifs is 1. The third kappa shape index (κ3) is 4.66. The van der Waals surface area contributed by atoms with E-state index in [-0.39, 0.29) is 23.0 Å². The van der Waals surface area contributed by atoms with Crippen molar-refractivity contribution in [2.45, 2.75) is 43.1 Å². The Morgan fingerprint density at radius 2 is 1.91 bits per heavy atom. The third-order valence-corrected chi connectivity index (χ3v) is 6.41. The smallest absolute Gasteiger partial charge is 0.339 e. The van der Waals surface area contributed by atoms with E-state index in [4.69, 9.17) is 9.51 Å². The van der Waals surface area contributed by atoms with Crippen LogP contribution >= 0.6 is 11.8 Å². The van der Waals surface area contributed by atoms with E-state index in [2.05, 4.69) is 10.1 Å². The maximum Gasteiger partial charge on any atom is 0.416 e. The van der Waals surface area contributed by atoms with E-state index in [9.17, 15) is 18.0 Å². The first kappa shape index (κ1) is 21.7. The summed E-state index contributed by atoms with van der Waals surface area (Å²) < 4.78 is 45.8. The van der Waals surface area contributed by atoms with Crippen molar-refractivity contribution in [2.75, 3.05) is 5.75 Å². The molecular weight excluding hydrogens is 453 g/mol. The molecule has 4 aromatic rings. The van der Waals surface area contributed by atoms with Crippen molar-refractivity contribution in [2.24, 2.45) is 0 Å². The molecule has 33 heavy (non-hydrogen) atoms. The minimum atomic E-state index is -4.43. The second kappa shape index (κ2) is 8.66. The molecule has 0 atom stereocenters. The molecule has 1 fully saturated rings. The van der Waals surface area contributed by atoms with Gasteiger partial charge in [0.15, 0.2) is 5.16 Å². The zero-order chi connectivity index (χ0) is 23.0. The molecule has 0 N–H and O–H groups in total. The van der Waals surface area contributed by atoms with Gasteiger partial charge in [0.2, 0.25) is 11.7 Å². The van der Waals surface area contributed by atoms with Gasteiger partial charge in [-0.15, -0.1) is 0 Å². The highest BCUT2D eigenvalue weighted by molar-refractivity contribution is 7.99. The summed E-state index contributed by atoms with van der Waals surface area (Å²) in [6.07, 6.45) is -1.32. The van der Waals surface area contributed by atoms with E-state index in [1.54, 1.807) is 10.6 Å². The monoisotopic (exact) mass is 472 g/mol. The minimum absolute atomic E-state index is 0.00627. The summed E-state index contributed by atoms with van der Waals surface area (Å²) in [5, 5.41) is 5.15. The number of para-hydroxylation sites is 1. The van der Waals surface area contributed by atoms with Gasteiger partial charge in [-0.05, 0) is 43.5 Å². The van der Waals surface area contributed by atoms with Gasteiger partial charge in [-0.1, -0.05) is 41.2 Å². The molecule has 2 aromatic heterocycles. The highest BCUT2D eigenvalue weighted by atomic mass is 32.2. The molecule has 1 saturated carbocycles. The first-order chi connectivity index (χ1) is 15.9. The highest BCUT2D eigenvalue weighted by Crippen LogP contribution is 2.37. The molecule has 5 rings (SSSR count). The lowest BCUT2D eigenvalue weighted by atomic mass is 10.1. The number of benzene rings is 2. The average Bonchev–Trinajstić information content (AvgIpc) is 3.52. The van der Waals surface area contributed by atoms with E-state index < -0.39 is 11.7 Å². The molecule has 1 aliphatic rings. The maximum atomic E-state index is 12.9. The summed E-state index contributed by atoms with van der Waals surface area (Å²) in [5.74, 6) is 1.16. The number of hydrogen-bond donors (Lipinski definition) is 0. The lowest BCUT2D eigenvalue weighted by molar-refractivity contribution is -0.137. The van der Waals surface area contributed by atoms with Crippen LogP contribution in [0.15, 0.2) is 63.0 Å². The van der Waals surface area contributed by atoms with Gasteiger partial charge >= 0.3 is 6.18 Å². The normalized spacial score (nSPS) is 14.2. The number of aromatic nitrogens is 4. The summed E-state index contributed by atoms with van der Waals surface area (Å²) in [5.41, 5.74) is 0.174. The van der Waals surface area contributed by atoms with Crippen LogP contribution in [0.25, 0.3) is 22.3 Å². The van der Waals surface area contributed by atoms with E-state index in [0.29, 0.717) is 40.5 Å². The summed E-state index contributed by atoms with van der Waals surface area (Å²) in [6, 6.07) is 12.4. The molecule has 0 aliphatic heterocycles. The SMILES string of the molecule is O=c1c2ccccc2nc(SCCCc2nc(-c3cccc(C(F)(F)F)c3)no2)n1C1CC1. The van der Waals surface area contributed by atoms with Gasteiger partial charge in [0, 0.05) is 23.8 Å². The van der Waals surface area contributed by atoms with Crippen LogP contribution in [-0.2, 0) is 12.6 Å². The number of halogens is 3. The fourth-order valence-corrected chi connectivity index (χ4v) is 4.58. The van der Waals surface area contributed by atoms with E-state index >= 15 is 0 Å².